The molecule has 9 heteroatoms. The van der Waals surface area contributed by atoms with Gasteiger partial charge < -0.3 is 16.2 Å². The van der Waals surface area contributed by atoms with Crippen molar-refractivity contribution < 1.29 is 32.3 Å². The number of carbonyl (C=O) groups excluding carboxylic acids is 1. The van der Waals surface area contributed by atoms with Crippen LogP contribution in [0.4, 0.5) is 23.2 Å². The van der Waals surface area contributed by atoms with Crippen LogP contribution in [0.25, 0.3) is 0 Å². The molecule has 0 aliphatic heterocycles. The van der Waals surface area contributed by atoms with Crippen LogP contribution in [0, 0.1) is 5.82 Å². The van der Waals surface area contributed by atoms with Crippen molar-refractivity contribution in [3.8, 4) is 0 Å². The molecule has 0 radical (unpaired) electrons. The van der Waals surface area contributed by atoms with Gasteiger partial charge in [0, 0.05) is 5.69 Å². The molecule has 0 spiro atoms. The average Bonchev–Trinajstić information content (AvgIpc) is 2.29. The first-order valence-corrected chi connectivity index (χ1v) is 5.16. The zero-order valence-corrected chi connectivity index (χ0v) is 10.1. The molecule has 0 aliphatic carbocycles. The SMILES string of the molecule is CC(N)(C(=O)Nc1ccc(F)c(C(=O)O)c1)C(F)(F)F. The number of carbonyl (C=O) groups is 2. The molecule has 0 saturated carbocycles. The molecular weight excluding hydrogens is 284 g/mol. The summed E-state index contributed by atoms with van der Waals surface area (Å²) in [6.45, 7) is 0.462. The summed E-state index contributed by atoms with van der Waals surface area (Å²) in [5, 5.41) is 10.5. The Kier molecular flexibility index (Phi) is 4.04. The summed E-state index contributed by atoms with van der Waals surface area (Å²) in [4.78, 5) is 22.1. The number of amides is 1. The zero-order valence-electron chi connectivity index (χ0n) is 10.1. The fourth-order valence-electron chi connectivity index (χ4n) is 1.16. The lowest BCUT2D eigenvalue weighted by molar-refractivity contribution is -0.184. The number of aromatic carboxylic acids is 1. The third kappa shape index (κ3) is 3.05. The van der Waals surface area contributed by atoms with Crippen molar-refractivity contribution in [1.82, 2.24) is 0 Å². The van der Waals surface area contributed by atoms with Gasteiger partial charge >= 0.3 is 12.1 Å². The first-order chi connectivity index (χ1) is 8.96. The van der Waals surface area contributed by atoms with Gasteiger partial charge in [-0.15, -0.1) is 0 Å². The van der Waals surface area contributed by atoms with Crippen molar-refractivity contribution in [1.29, 1.82) is 0 Å². The number of halogens is 4. The van der Waals surface area contributed by atoms with Gasteiger partial charge in [-0.3, -0.25) is 4.79 Å². The van der Waals surface area contributed by atoms with Crippen LogP contribution in [0.2, 0.25) is 0 Å². The third-order valence-corrected chi connectivity index (χ3v) is 2.52. The topological polar surface area (TPSA) is 92.4 Å². The van der Waals surface area contributed by atoms with Crippen molar-refractivity contribution in [3.63, 3.8) is 0 Å². The molecule has 0 heterocycles. The summed E-state index contributed by atoms with van der Waals surface area (Å²) < 4.78 is 50.6. The van der Waals surface area contributed by atoms with E-state index in [0.717, 1.165) is 6.07 Å². The van der Waals surface area contributed by atoms with Crippen LogP contribution >= 0.6 is 0 Å². The smallest absolute Gasteiger partial charge is 0.415 e. The van der Waals surface area contributed by atoms with E-state index in [1.165, 1.54) is 0 Å². The Labute approximate surface area is 110 Å². The van der Waals surface area contributed by atoms with Gasteiger partial charge in [-0.25, -0.2) is 9.18 Å². The maximum atomic E-state index is 13.1. The Morgan fingerprint density at radius 2 is 1.85 bits per heavy atom. The molecule has 0 aromatic heterocycles. The molecule has 5 nitrogen and oxygen atoms in total. The van der Waals surface area contributed by atoms with Gasteiger partial charge in [0.25, 0.3) is 5.91 Å². The first kappa shape index (κ1) is 15.9. The number of alkyl halides is 3. The molecule has 1 atom stereocenters. The minimum absolute atomic E-state index is 0.310. The predicted molar refractivity (Wildman–Crippen MR) is 60.6 cm³/mol. The van der Waals surface area contributed by atoms with Crippen LogP contribution in [0.15, 0.2) is 18.2 Å². The number of hydrogen-bond donors (Lipinski definition) is 3. The highest BCUT2D eigenvalue weighted by Crippen LogP contribution is 2.29. The largest absolute Gasteiger partial charge is 0.478 e. The van der Waals surface area contributed by atoms with Crippen molar-refractivity contribution in [2.45, 2.75) is 18.6 Å². The molecule has 20 heavy (non-hydrogen) atoms. The van der Waals surface area contributed by atoms with Crippen molar-refractivity contribution >= 4 is 17.6 Å². The quantitative estimate of drug-likeness (QED) is 0.740. The molecule has 1 rings (SSSR count). The molecule has 0 fully saturated rings. The van der Waals surface area contributed by atoms with Crippen LogP contribution < -0.4 is 11.1 Å². The van der Waals surface area contributed by atoms with Crippen LogP contribution in [-0.4, -0.2) is 28.7 Å². The Morgan fingerprint density at radius 1 is 1.30 bits per heavy atom. The lowest BCUT2D eigenvalue weighted by Gasteiger charge is -2.26. The van der Waals surface area contributed by atoms with E-state index in [0.29, 0.717) is 19.1 Å². The fraction of sp³-hybridized carbons (Fsp3) is 0.273. The zero-order chi connectivity index (χ0) is 15.7. The van der Waals surface area contributed by atoms with E-state index in [1.54, 1.807) is 5.32 Å². The number of nitrogens with one attached hydrogen (secondary N) is 1. The van der Waals surface area contributed by atoms with Crippen molar-refractivity contribution in [2.75, 3.05) is 5.32 Å². The van der Waals surface area contributed by atoms with Gasteiger partial charge in [0.15, 0.2) is 5.54 Å². The second-order valence-electron chi connectivity index (χ2n) is 4.15. The Morgan fingerprint density at radius 3 is 2.30 bits per heavy atom. The van der Waals surface area contributed by atoms with Crippen molar-refractivity contribution in [2.24, 2.45) is 5.73 Å². The summed E-state index contributed by atoms with van der Waals surface area (Å²) in [5.41, 5.74) is 0.629. The average molecular weight is 294 g/mol. The highest BCUT2D eigenvalue weighted by Gasteiger charge is 2.54. The second-order valence-corrected chi connectivity index (χ2v) is 4.15. The standard InChI is InChI=1S/C11H10F4N2O3/c1-10(16,11(13,14)15)9(20)17-5-2-3-7(12)6(4-5)8(18)19/h2-4H,16H2,1H3,(H,17,20)(H,18,19). The predicted octanol–water partition coefficient (Wildman–Crippen LogP) is 1.74. The van der Waals surface area contributed by atoms with Gasteiger partial charge in [0.05, 0.1) is 5.56 Å². The van der Waals surface area contributed by atoms with Crippen LogP contribution in [0.1, 0.15) is 17.3 Å². The number of carboxylic acid groups (broad SMARTS) is 1. The molecule has 4 N–H and O–H groups in total. The van der Waals surface area contributed by atoms with E-state index < -0.39 is 35.0 Å². The molecule has 0 aliphatic rings. The van der Waals surface area contributed by atoms with E-state index in [-0.39, 0.29) is 5.69 Å². The van der Waals surface area contributed by atoms with Crippen LogP contribution in [0.3, 0.4) is 0 Å². The summed E-state index contributed by atoms with van der Waals surface area (Å²) in [5.74, 6) is -4.29. The summed E-state index contributed by atoms with van der Waals surface area (Å²) in [6.07, 6.45) is -4.99. The van der Waals surface area contributed by atoms with Gasteiger partial charge in [-0.05, 0) is 25.1 Å². The van der Waals surface area contributed by atoms with Crippen LogP contribution in [0.5, 0.6) is 0 Å². The molecule has 1 amide bonds. The van der Waals surface area contributed by atoms with E-state index in [1.807, 2.05) is 0 Å². The molecule has 110 valence electrons. The normalized spacial score (nSPS) is 14.5. The van der Waals surface area contributed by atoms with Crippen LogP contribution in [-0.2, 0) is 4.79 Å². The maximum absolute atomic E-state index is 13.1. The number of hydrogen-bond acceptors (Lipinski definition) is 3. The van der Waals surface area contributed by atoms with E-state index in [4.69, 9.17) is 10.8 Å². The Hall–Kier alpha value is -2.16. The summed E-state index contributed by atoms with van der Waals surface area (Å²) >= 11 is 0. The maximum Gasteiger partial charge on any atom is 0.415 e. The molecule has 1 aromatic rings. The number of nitrogens with two attached hydrogens (primary N) is 1. The number of anilines is 1. The first-order valence-electron chi connectivity index (χ1n) is 5.16. The monoisotopic (exact) mass is 294 g/mol. The molecular formula is C11H10F4N2O3. The van der Waals surface area contributed by atoms with Gasteiger partial charge in [-0.1, -0.05) is 0 Å². The van der Waals surface area contributed by atoms with E-state index in [2.05, 4.69) is 0 Å². The number of carboxylic acids is 1. The lowest BCUT2D eigenvalue weighted by atomic mass is 10.0. The summed E-state index contributed by atoms with van der Waals surface area (Å²) in [7, 11) is 0. The second kappa shape index (κ2) is 5.08. The Bertz CT molecular complexity index is 555. The Balaban J connectivity index is 3.03. The van der Waals surface area contributed by atoms with Gasteiger partial charge in [-0.2, -0.15) is 13.2 Å². The third-order valence-electron chi connectivity index (χ3n) is 2.52. The number of rotatable bonds is 3. The lowest BCUT2D eigenvalue weighted by Crippen LogP contribution is -2.59. The highest BCUT2D eigenvalue weighted by atomic mass is 19.4. The van der Waals surface area contributed by atoms with Gasteiger partial charge in [0.2, 0.25) is 0 Å². The van der Waals surface area contributed by atoms with E-state index >= 15 is 0 Å². The molecule has 1 aromatic carbocycles. The fourth-order valence-corrected chi connectivity index (χ4v) is 1.16. The summed E-state index contributed by atoms with van der Waals surface area (Å²) in [6, 6.07) is 2.33. The van der Waals surface area contributed by atoms with Gasteiger partial charge in [0.1, 0.15) is 5.82 Å². The molecule has 0 saturated heterocycles. The minimum Gasteiger partial charge on any atom is -0.478 e. The highest BCUT2D eigenvalue weighted by molar-refractivity contribution is 5.99. The molecule has 0 bridgehead atoms. The number of benzene rings is 1. The molecule has 1 unspecified atom stereocenters. The minimum atomic E-state index is -4.99. The van der Waals surface area contributed by atoms with E-state index in [9.17, 15) is 27.2 Å². The van der Waals surface area contributed by atoms with Crippen molar-refractivity contribution in [3.05, 3.63) is 29.6 Å².